The maximum Gasteiger partial charge on any atom is 0.573 e. The Morgan fingerprint density at radius 3 is 2.48 bits per heavy atom. The molecule has 1 aliphatic heterocycles. The highest BCUT2D eigenvalue weighted by Crippen LogP contribution is 2.36. The van der Waals surface area contributed by atoms with Crippen molar-refractivity contribution in [2.45, 2.75) is 75.0 Å². The molecule has 2 amide bonds. The molecule has 1 saturated carbocycles. The van der Waals surface area contributed by atoms with Crippen LogP contribution >= 0.6 is 11.6 Å². The van der Waals surface area contributed by atoms with Crippen molar-refractivity contribution >= 4 is 33.3 Å². The Balaban J connectivity index is 1.50. The Kier molecular flexibility index (Phi) is 9.79. The van der Waals surface area contributed by atoms with Gasteiger partial charge in [0.05, 0.1) is 10.6 Å². The summed E-state index contributed by atoms with van der Waals surface area (Å²) in [5.41, 5.74) is -0.0767. The van der Waals surface area contributed by atoms with E-state index in [4.69, 9.17) is 11.6 Å². The van der Waals surface area contributed by atoms with Crippen molar-refractivity contribution in [3.63, 3.8) is 0 Å². The fourth-order valence-electron chi connectivity index (χ4n) is 5.87. The largest absolute Gasteiger partial charge is 0.573 e. The zero-order valence-electron chi connectivity index (χ0n) is 23.6. The Hall–Kier alpha value is -2.83. The first-order chi connectivity index (χ1) is 19.6. The number of alkyl halides is 3. The lowest BCUT2D eigenvalue weighted by atomic mass is 9.81. The van der Waals surface area contributed by atoms with Gasteiger partial charge < -0.3 is 19.9 Å². The van der Waals surface area contributed by atoms with Crippen molar-refractivity contribution in [2.75, 3.05) is 19.3 Å². The first-order valence-electron chi connectivity index (χ1n) is 13.8. The molecule has 230 valence electrons. The van der Waals surface area contributed by atoms with Gasteiger partial charge in [0, 0.05) is 35.3 Å². The second-order valence-electron chi connectivity index (χ2n) is 11.2. The third-order valence-electron chi connectivity index (χ3n) is 8.19. The highest BCUT2D eigenvalue weighted by Gasteiger charge is 2.44. The normalized spacial score (nSPS) is 23.5. The number of nitrogens with one attached hydrogen (secondary N) is 1. The summed E-state index contributed by atoms with van der Waals surface area (Å²) < 4.78 is 68.6. The molecule has 2 fully saturated rings. The average molecular weight is 630 g/mol. The van der Waals surface area contributed by atoms with Crippen LogP contribution in [0.3, 0.4) is 0 Å². The molecule has 2 aromatic carbocycles. The zero-order valence-corrected chi connectivity index (χ0v) is 25.2. The van der Waals surface area contributed by atoms with E-state index in [0.29, 0.717) is 30.8 Å². The van der Waals surface area contributed by atoms with Gasteiger partial charge in [-0.2, -0.15) is 0 Å². The van der Waals surface area contributed by atoms with Crippen molar-refractivity contribution in [3.05, 3.63) is 59.1 Å². The lowest BCUT2D eigenvalue weighted by Gasteiger charge is -2.44. The van der Waals surface area contributed by atoms with Crippen LogP contribution in [0.5, 0.6) is 5.75 Å². The van der Waals surface area contributed by atoms with E-state index in [2.05, 4.69) is 28.8 Å². The number of hydrogen-bond donors (Lipinski definition) is 1. The quantitative estimate of drug-likeness (QED) is 0.423. The number of hydrogen-bond acceptors (Lipinski definition) is 6. The molecule has 1 N–H and O–H groups in total. The van der Waals surface area contributed by atoms with Crippen LogP contribution in [0.15, 0.2) is 53.4 Å². The summed E-state index contributed by atoms with van der Waals surface area (Å²) in [7, 11) is -1.67. The third-order valence-corrected chi connectivity index (χ3v) is 10.3. The van der Waals surface area contributed by atoms with Crippen LogP contribution in [0, 0.1) is 5.92 Å². The first-order valence-corrected chi connectivity index (χ1v) is 15.8. The van der Waals surface area contributed by atoms with Gasteiger partial charge in [-0.25, -0.2) is 8.42 Å². The van der Waals surface area contributed by atoms with E-state index in [0.717, 1.165) is 18.6 Å². The molecule has 1 saturated heterocycles. The average Bonchev–Trinajstić information content (AvgIpc) is 3.26. The summed E-state index contributed by atoms with van der Waals surface area (Å²) in [6, 6.07) is 9.84. The second kappa shape index (κ2) is 12.8. The van der Waals surface area contributed by atoms with Crippen molar-refractivity contribution in [1.82, 2.24) is 15.1 Å². The number of carbonyl (C=O) groups is 2. The van der Waals surface area contributed by atoms with Crippen molar-refractivity contribution in [1.29, 1.82) is 0 Å². The topological polar surface area (TPSA) is 96.0 Å². The SMILES string of the molecule is CC(C)N(C)[C@@H]1CC[C@H](N2CC[C@H](NC(=O)c3cccc(OC(F)(F)F)c3)C2=O)[C@@H](CS(=O)(=O)c2ccc(Cl)cc2)C1. The third kappa shape index (κ3) is 7.76. The van der Waals surface area contributed by atoms with Crippen molar-refractivity contribution in [2.24, 2.45) is 5.92 Å². The van der Waals surface area contributed by atoms with E-state index >= 15 is 0 Å². The van der Waals surface area contributed by atoms with Crippen LogP contribution in [0.25, 0.3) is 0 Å². The predicted octanol–water partition coefficient (Wildman–Crippen LogP) is 4.92. The maximum atomic E-state index is 13.5. The van der Waals surface area contributed by atoms with E-state index < -0.39 is 33.9 Å². The second-order valence-corrected chi connectivity index (χ2v) is 13.7. The van der Waals surface area contributed by atoms with E-state index in [-0.39, 0.29) is 46.2 Å². The summed E-state index contributed by atoms with van der Waals surface area (Å²) >= 11 is 5.96. The minimum atomic E-state index is -4.91. The number of benzene rings is 2. The molecule has 0 spiro atoms. The number of likely N-dealkylation sites (tertiary alicyclic amines) is 1. The lowest BCUT2D eigenvalue weighted by Crippen LogP contribution is -2.53. The summed E-state index contributed by atoms with van der Waals surface area (Å²) in [6.07, 6.45) is -2.64. The Morgan fingerprint density at radius 1 is 1.14 bits per heavy atom. The van der Waals surface area contributed by atoms with Gasteiger partial charge in [0.2, 0.25) is 5.91 Å². The van der Waals surface area contributed by atoms with Gasteiger partial charge in [-0.1, -0.05) is 17.7 Å². The fourth-order valence-corrected chi connectivity index (χ4v) is 7.66. The number of rotatable bonds is 9. The highest BCUT2D eigenvalue weighted by atomic mass is 35.5. The zero-order chi connectivity index (χ0) is 30.8. The van der Waals surface area contributed by atoms with E-state index in [1.165, 1.54) is 36.4 Å². The molecule has 0 bridgehead atoms. The Bertz CT molecular complexity index is 1390. The van der Waals surface area contributed by atoms with Crippen LogP contribution in [-0.2, 0) is 14.6 Å². The molecule has 4 atom stereocenters. The molecule has 42 heavy (non-hydrogen) atoms. The van der Waals surface area contributed by atoms with Crippen molar-refractivity contribution < 1.29 is 35.9 Å². The molecule has 0 unspecified atom stereocenters. The van der Waals surface area contributed by atoms with Crippen LogP contribution < -0.4 is 10.1 Å². The molecule has 4 rings (SSSR count). The minimum Gasteiger partial charge on any atom is -0.406 e. The number of sulfone groups is 1. The van der Waals surface area contributed by atoms with Gasteiger partial charge in [-0.05, 0) is 95.0 Å². The molecule has 13 heteroatoms. The maximum absolute atomic E-state index is 13.5. The molecule has 1 aliphatic carbocycles. The van der Waals surface area contributed by atoms with Gasteiger partial charge in [-0.3, -0.25) is 9.59 Å². The van der Waals surface area contributed by atoms with Crippen LogP contribution in [0.4, 0.5) is 13.2 Å². The van der Waals surface area contributed by atoms with Crippen LogP contribution in [0.1, 0.15) is 49.9 Å². The highest BCUT2D eigenvalue weighted by molar-refractivity contribution is 7.91. The monoisotopic (exact) mass is 629 g/mol. The molecule has 8 nitrogen and oxygen atoms in total. The Labute approximate surface area is 249 Å². The number of halogens is 4. The molecule has 0 radical (unpaired) electrons. The summed E-state index contributed by atoms with van der Waals surface area (Å²) in [4.78, 5) is 30.4. The molecular formula is C29H35ClF3N3O5S. The van der Waals surface area contributed by atoms with Gasteiger partial charge in [0.25, 0.3) is 5.91 Å². The smallest absolute Gasteiger partial charge is 0.406 e. The summed E-state index contributed by atoms with van der Waals surface area (Å²) in [5.74, 6) is -2.07. The lowest BCUT2D eigenvalue weighted by molar-refractivity contribution is -0.274. The standard InChI is InChI=1S/C29H35ClF3N3O5S/c1-18(2)35(3)22-9-12-26(20(15-22)17-42(39,40)24-10-7-21(30)8-11-24)36-14-13-25(28(36)38)34-27(37)19-5-4-6-23(16-19)41-29(31,32)33/h4-8,10-11,16,18,20,22,25-26H,9,12-15,17H2,1-3H3,(H,34,37)/t20-,22-,25+,26+/m1/s1. The number of nitrogens with zero attached hydrogens (tertiary/aromatic N) is 2. The molecule has 0 aromatic heterocycles. The van der Waals surface area contributed by atoms with Gasteiger partial charge in [0.1, 0.15) is 11.8 Å². The molecule has 1 heterocycles. The number of carbonyl (C=O) groups excluding carboxylic acids is 2. The molecule has 2 aliphatic rings. The minimum absolute atomic E-state index is 0.0767. The predicted molar refractivity (Wildman–Crippen MR) is 152 cm³/mol. The van der Waals surface area contributed by atoms with Gasteiger partial charge in [-0.15, -0.1) is 13.2 Å². The Morgan fingerprint density at radius 2 is 1.83 bits per heavy atom. The molecular weight excluding hydrogens is 595 g/mol. The van der Waals surface area contributed by atoms with Gasteiger partial charge in [0.15, 0.2) is 9.84 Å². The van der Waals surface area contributed by atoms with Gasteiger partial charge >= 0.3 is 6.36 Å². The fraction of sp³-hybridized carbons (Fsp3) is 0.517. The van der Waals surface area contributed by atoms with E-state index in [1.54, 1.807) is 4.90 Å². The van der Waals surface area contributed by atoms with Crippen LogP contribution in [-0.4, -0.2) is 79.9 Å². The summed E-state index contributed by atoms with van der Waals surface area (Å²) in [5, 5.41) is 3.06. The van der Waals surface area contributed by atoms with Crippen LogP contribution in [0.2, 0.25) is 5.02 Å². The number of ether oxygens (including phenoxy) is 1. The molecule has 2 aromatic rings. The summed E-state index contributed by atoms with van der Waals surface area (Å²) in [6.45, 7) is 4.48. The van der Waals surface area contributed by atoms with E-state index in [1.807, 2.05) is 7.05 Å². The number of amides is 2. The first kappa shape index (κ1) is 32.1. The van der Waals surface area contributed by atoms with E-state index in [9.17, 15) is 31.2 Å². The van der Waals surface area contributed by atoms with Crippen molar-refractivity contribution in [3.8, 4) is 5.75 Å².